The van der Waals surface area contributed by atoms with Gasteiger partial charge in [-0.1, -0.05) is 5.16 Å². The third-order valence-corrected chi connectivity index (χ3v) is 2.29. The second-order valence-electron chi connectivity index (χ2n) is 3.64. The molecule has 0 radical (unpaired) electrons. The maximum absolute atomic E-state index is 8.59. The molecule has 92 valence electrons. The number of hydrogen-bond acceptors (Lipinski definition) is 6. The number of anilines is 1. The first-order valence-electron chi connectivity index (χ1n) is 5.40. The monoisotopic (exact) mass is 251 g/mol. The highest BCUT2D eigenvalue weighted by Crippen LogP contribution is 2.18. The second-order valence-corrected chi connectivity index (χ2v) is 3.64. The molecule has 0 fully saturated rings. The Morgan fingerprint density at radius 2 is 1.95 bits per heavy atom. The van der Waals surface area contributed by atoms with Crippen LogP contribution in [0.15, 0.2) is 40.6 Å². The zero-order valence-corrected chi connectivity index (χ0v) is 10.1. The molecule has 0 saturated carbocycles. The fourth-order valence-electron chi connectivity index (χ4n) is 1.38. The predicted molar refractivity (Wildman–Crippen MR) is 67.4 cm³/mol. The van der Waals surface area contributed by atoms with Gasteiger partial charge >= 0.3 is 0 Å². The van der Waals surface area contributed by atoms with E-state index in [1.165, 1.54) is 6.20 Å². The number of rotatable bonds is 3. The summed E-state index contributed by atoms with van der Waals surface area (Å²) in [5.74, 6) is 1.03. The van der Waals surface area contributed by atoms with Gasteiger partial charge in [-0.2, -0.15) is 15.5 Å². The third kappa shape index (κ3) is 2.96. The molecule has 0 bridgehead atoms. The molecule has 19 heavy (non-hydrogen) atoms. The van der Waals surface area contributed by atoms with E-state index in [0.717, 1.165) is 11.3 Å². The summed E-state index contributed by atoms with van der Waals surface area (Å²) >= 11 is 0. The van der Waals surface area contributed by atoms with Gasteiger partial charge in [-0.3, -0.25) is 0 Å². The lowest BCUT2D eigenvalue weighted by atomic mass is 10.2. The lowest BCUT2D eigenvalue weighted by Gasteiger charge is -2.01. The number of nitriles is 2. The summed E-state index contributed by atoms with van der Waals surface area (Å²) in [5.41, 5.74) is 1.59. The highest BCUT2D eigenvalue weighted by Gasteiger charge is 2.04. The van der Waals surface area contributed by atoms with Crippen LogP contribution in [-0.2, 0) is 0 Å². The second kappa shape index (κ2) is 5.48. The summed E-state index contributed by atoms with van der Waals surface area (Å²) in [5, 5.41) is 23.9. The first kappa shape index (κ1) is 12.3. The maximum atomic E-state index is 8.59. The van der Waals surface area contributed by atoms with E-state index in [1.54, 1.807) is 31.2 Å². The van der Waals surface area contributed by atoms with Gasteiger partial charge in [0.1, 0.15) is 17.7 Å². The standard InChI is InChI=1S/C13H9N5O/c1-9-17-13(18-19-9)11-2-4-12(5-3-11)16-8-10(6-14)7-15/h2-5,8,16H,1H3. The van der Waals surface area contributed by atoms with Crippen LogP contribution in [0.1, 0.15) is 5.89 Å². The predicted octanol–water partition coefficient (Wildman–Crippen LogP) is 2.39. The molecule has 0 aliphatic heterocycles. The first-order chi connectivity index (χ1) is 9.22. The zero-order valence-electron chi connectivity index (χ0n) is 10.1. The maximum Gasteiger partial charge on any atom is 0.223 e. The lowest BCUT2D eigenvalue weighted by Crippen LogP contribution is -1.90. The average Bonchev–Trinajstić information content (AvgIpc) is 2.87. The minimum atomic E-state index is 0.0119. The Morgan fingerprint density at radius 1 is 1.26 bits per heavy atom. The summed E-state index contributed by atoms with van der Waals surface area (Å²) in [6.45, 7) is 1.72. The van der Waals surface area contributed by atoms with Crippen LogP contribution in [0, 0.1) is 29.6 Å². The van der Waals surface area contributed by atoms with E-state index in [4.69, 9.17) is 15.0 Å². The van der Waals surface area contributed by atoms with E-state index >= 15 is 0 Å². The van der Waals surface area contributed by atoms with E-state index in [2.05, 4.69) is 15.5 Å². The van der Waals surface area contributed by atoms with Gasteiger partial charge in [-0.25, -0.2) is 0 Å². The largest absolute Gasteiger partial charge is 0.360 e. The first-order valence-corrected chi connectivity index (χ1v) is 5.40. The minimum absolute atomic E-state index is 0.0119. The molecular formula is C13H9N5O. The van der Waals surface area contributed by atoms with Gasteiger partial charge in [0.15, 0.2) is 0 Å². The Kier molecular flexibility index (Phi) is 3.56. The van der Waals surface area contributed by atoms with Crippen LogP contribution >= 0.6 is 0 Å². The number of benzene rings is 1. The highest BCUT2D eigenvalue weighted by atomic mass is 16.5. The number of aryl methyl sites for hydroxylation is 1. The van der Waals surface area contributed by atoms with Gasteiger partial charge < -0.3 is 9.84 Å². The SMILES string of the molecule is Cc1nc(-c2ccc(NC=C(C#N)C#N)cc2)no1. The highest BCUT2D eigenvalue weighted by molar-refractivity contribution is 5.60. The van der Waals surface area contributed by atoms with Crippen LogP contribution in [0.4, 0.5) is 5.69 Å². The van der Waals surface area contributed by atoms with E-state index < -0.39 is 0 Å². The van der Waals surface area contributed by atoms with Crippen molar-refractivity contribution in [2.45, 2.75) is 6.92 Å². The van der Waals surface area contributed by atoms with Crippen molar-refractivity contribution in [2.24, 2.45) is 0 Å². The normalized spacial score (nSPS) is 9.21. The molecule has 1 N–H and O–H groups in total. The number of hydrogen-bond donors (Lipinski definition) is 1. The molecule has 2 rings (SSSR count). The Balaban J connectivity index is 2.14. The van der Waals surface area contributed by atoms with Crippen molar-refractivity contribution in [2.75, 3.05) is 5.32 Å². The van der Waals surface area contributed by atoms with Crippen LogP contribution in [0.25, 0.3) is 11.4 Å². The average molecular weight is 251 g/mol. The summed E-state index contributed by atoms with van der Waals surface area (Å²) in [4.78, 5) is 4.12. The molecule has 0 saturated heterocycles. The molecule has 2 aromatic rings. The van der Waals surface area contributed by atoms with Gasteiger partial charge in [0.05, 0.1) is 0 Å². The smallest absolute Gasteiger partial charge is 0.223 e. The fourth-order valence-corrected chi connectivity index (χ4v) is 1.38. The molecule has 1 aromatic heterocycles. The quantitative estimate of drug-likeness (QED) is 0.841. The number of nitrogens with zero attached hydrogens (tertiary/aromatic N) is 4. The molecule has 0 unspecified atom stereocenters. The van der Waals surface area contributed by atoms with Gasteiger partial charge in [0, 0.05) is 24.4 Å². The molecule has 0 atom stereocenters. The van der Waals surface area contributed by atoms with Gasteiger partial charge in [0.2, 0.25) is 11.7 Å². The van der Waals surface area contributed by atoms with Crippen molar-refractivity contribution in [3.8, 4) is 23.5 Å². The van der Waals surface area contributed by atoms with Gasteiger partial charge in [-0.05, 0) is 24.3 Å². The van der Waals surface area contributed by atoms with Crippen molar-refractivity contribution < 1.29 is 4.52 Å². The van der Waals surface area contributed by atoms with Crippen LogP contribution in [0.3, 0.4) is 0 Å². The molecule has 0 aliphatic rings. The van der Waals surface area contributed by atoms with Crippen LogP contribution in [-0.4, -0.2) is 10.1 Å². The number of nitrogens with one attached hydrogen (secondary N) is 1. The van der Waals surface area contributed by atoms with E-state index in [-0.39, 0.29) is 5.57 Å². The minimum Gasteiger partial charge on any atom is -0.360 e. The Morgan fingerprint density at radius 3 is 2.47 bits per heavy atom. The lowest BCUT2D eigenvalue weighted by molar-refractivity contribution is 0.394. The molecular weight excluding hydrogens is 242 g/mol. The molecule has 1 aromatic carbocycles. The van der Waals surface area contributed by atoms with Crippen LogP contribution in [0.2, 0.25) is 0 Å². The Bertz CT molecular complexity index is 669. The van der Waals surface area contributed by atoms with E-state index in [1.807, 2.05) is 12.1 Å². The van der Waals surface area contributed by atoms with Crippen molar-refractivity contribution in [3.05, 3.63) is 41.9 Å². The van der Waals surface area contributed by atoms with E-state index in [9.17, 15) is 0 Å². The van der Waals surface area contributed by atoms with E-state index in [0.29, 0.717) is 11.7 Å². The molecule has 0 spiro atoms. The number of allylic oxidation sites excluding steroid dienone is 1. The summed E-state index contributed by atoms with van der Waals surface area (Å²) in [6.07, 6.45) is 1.35. The van der Waals surface area contributed by atoms with Crippen LogP contribution < -0.4 is 5.32 Å². The zero-order chi connectivity index (χ0) is 13.7. The van der Waals surface area contributed by atoms with Gasteiger partial charge in [-0.15, -0.1) is 0 Å². The summed E-state index contributed by atoms with van der Waals surface area (Å²) < 4.78 is 4.90. The molecule has 0 amide bonds. The summed E-state index contributed by atoms with van der Waals surface area (Å²) in [6, 6.07) is 10.8. The Hall–Kier alpha value is -3.12. The van der Waals surface area contributed by atoms with Crippen molar-refractivity contribution in [1.82, 2.24) is 10.1 Å². The van der Waals surface area contributed by atoms with Gasteiger partial charge in [0.25, 0.3) is 0 Å². The topological polar surface area (TPSA) is 98.5 Å². The molecule has 6 nitrogen and oxygen atoms in total. The molecule has 1 heterocycles. The van der Waals surface area contributed by atoms with Crippen molar-refractivity contribution >= 4 is 5.69 Å². The Labute approximate surface area is 109 Å². The summed E-state index contributed by atoms with van der Waals surface area (Å²) in [7, 11) is 0. The molecule has 0 aliphatic carbocycles. The molecule has 6 heteroatoms. The fraction of sp³-hybridized carbons (Fsp3) is 0.0769. The van der Waals surface area contributed by atoms with Crippen molar-refractivity contribution in [1.29, 1.82) is 10.5 Å². The number of aromatic nitrogens is 2. The van der Waals surface area contributed by atoms with Crippen LogP contribution in [0.5, 0.6) is 0 Å². The van der Waals surface area contributed by atoms with Crippen molar-refractivity contribution in [3.63, 3.8) is 0 Å². The third-order valence-electron chi connectivity index (χ3n) is 2.29.